The molecule has 2 aliphatic rings. The standard InChI is InChI=1S/C22H24FN7O/c1-14-5-18-8-22(7-14,11-29-12-26-27-13-29)30(18)21(31)28-17-4-3-15(2)19(6-17)20-24-9-16(23)10-25-20/h3-4,6,9-10,12-14,18H,5,7-8,11H2,1-2H3,(H,28,31)/t14-,18-,22+/m0/s1. The van der Waals surface area contributed by atoms with E-state index in [1.807, 2.05) is 34.6 Å². The molecule has 2 amide bonds. The van der Waals surface area contributed by atoms with Gasteiger partial charge in [-0.3, -0.25) is 0 Å². The molecule has 2 aromatic heterocycles. The lowest BCUT2D eigenvalue weighted by Crippen LogP contribution is -2.73. The lowest BCUT2D eigenvalue weighted by atomic mass is 9.64. The van der Waals surface area contributed by atoms with E-state index in [9.17, 15) is 9.18 Å². The summed E-state index contributed by atoms with van der Waals surface area (Å²) in [6, 6.07) is 5.75. The van der Waals surface area contributed by atoms with Gasteiger partial charge in [0.15, 0.2) is 11.6 Å². The highest BCUT2D eigenvalue weighted by Gasteiger charge is 2.58. The Morgan fingerprint density at radius 3 is 2.71 bits per heavy atom. The van der Waals surface area contributed by atoms with Crippen molar-refractivity contribution < 1.29 is 9.18 Å². The van der Waals surface area contributed by atoms with Crippen LogP contribution in [0.2, 0.25) is 0 Å². The maximum absolute atomic E-state index is 13.3. The number of rotatable bonds is 4. The van der Waals surface area contributed by atoms with Crippen molar-refractivity contribution in [2.45, 2.75) is 51.2 Å². The second-order valence-corrected chi connectivity index (χ2v) is 8.82. The summed E-state index contributed by atoms with van der Waals surface area (Å²) in [5.74, 6) is 0.511. The summed E-state index contributed by atoms with van der Waals surface area (Å²) in [7, 11) is 0. The van der Waals surface area contributed by atoms with Crippen LogP contribution in [0.4, 0.5) is 14.9 Å². The smallest absolute Gasteiger partial charge is 0.318 e. The molecule has 0 saturated carbocycles. The Bertz CT molecular complexity index is 1100. The number of urea groups is 1. The number of carbonyl (C=O) groups is 1. The Hall–Kier alpha value is -3.36. The largest absolute Gasteiger partial charge is 0.322 e. The molecule has 2 aliphatic heterocycles. The third-order valence-corrected chi connectivity index (χ3v) is 6.41. The van der Waals surface area contributed by atoms with Gasteiger partial charge in [0.1, 0.15) is 12.7 Å². The van der Waals surface area contributed by atoms with Crippen LogP contribution in [0.1, 0.15) is 31.7 Å². The molecular formula is C22H24FN7O. The molecule has 1 N–H and O–H groups in total. The van der Waals surface area contributed by atoms with Crippen LogP contribution in [-0.2, 0) is 6.54 Å². The average molecular weight is 421 g/mol. The van der Waals surface area contributed by atoms with Crippen LogP contribution in [0.25, 0.3) is 11.4 Å². The number of halogens is 1. The Morgan fingerprint density at radius 2 is 1.97 bits per heavy atom. The van der Waals surface area contributed by atoms with Crippen LogP contribution in [0.5, 0.6) is 0 Å². The first-order valence-electron chi connectivity index (χ1n) is 10.4. The second-order valence-electron chi connectivity index (χ2n) is 8.82. The summed E-state index contributed by atoms with van der Waals surface area (Å²) in [4.78, 5) is 23.5. The van der Waals surface area contributed by atoms with E-state index in [1.165, 1.54) is 0 Å². The number of hydrogen-bond donors (Lipinski definition) is 1. The zero-order valence-electron chi connectivity index (χ0n) is 17.5. The number of aromatic nitrogens is 5. The van der Waals surface area contributed by atoms with Crippen molar-refractivity contribution in [3.63, 3.8) is 0 Å². The van der Waals surface area contributed by atoms with E-state index in [2.05, 4.69) is 32.4 Å². The van der Waals surface area contributed by atoms with Crippen LogP contribution in [-0.4, -0.2) is 47.2 Å². The molecule has 160 valence electrons. The Morgan fingerprint density at radius 1 is 1.23 bits per heavy atom. The summed E-state index contributed by atoms with van der Waals surface area (Å²) in [6.07, 6.45) is 8.65. The van der Waals surface area contributed by atoms with Crippen molar-refractivity contribution in [2.75, 3.05) is 5.32 Å². The number of aryl methyl sites for hydroxylation is 1. The lowest BCUT2D eigenvalue weighted by Gasteiger charge is -2.63. The minimum Gasteiger partial charge on any atom is -0.318 e. The van der Waals surface area contributed by atoms with Gasteiger partial charge in [-0.15, -0.1) is 10.2 Å². The molecule has 2 saturated heterocycles. The highest BCUT2D eigenvalue weighted by molar-refractivity contribution is 5.91. The van der Waals surface area contributed by atoms with Gasteiger partial charge in [-0.1, -0.05) is 13.0 Å². The zero-order valence-corrected chi connectivity index (χ0v) is 17.5. The Balaban J connectivity index is 1.38. The molecule has 0 radical (unpaired) electrons. The Kier molecular flexibility index (Phi) is 4.68. The van der Waals surface area contributed by atoms with Crippen molar-refractivity contribution in [1.29, 1.82) is 0 Å². The number of nitrogens with zero attached hydrogens (tertiary/aromatic N) is 6. The Labute approximate surface area is 179 Å². The van der Waals surface area contributed by atoms with E-state index in [1.54, 1.807) is 12.7 Å². The molecule has 3 aromatic rings. The summed E-state index contributed by atoms with van der Waals surface area (Å²) in [6.45, 7) is 4.87. The predicted octanol–water partition coefficient (Wildman–Crippen LogP) is 3.66. The quantitative estimate of drug-likeness (QED) is 0.695. The van der Waals surface area contributed by atoms with Crippen LogP contribution in [0, 0.1) is 18.7 Å². The average Bonchev–Trinajstić information content (AvgIpc) is 3.22. The summed E-state index contributed by atoms with van der Waals surface area (Å²) in [5.41, 5.74) is 2.15. The van der Waals surface area contributed by atoms with Gasteiger partial charge >= 0.3 is 6.03 Å². The molecule has 9 heteroatoms. The van der Waals surface area contributed by atoms with E-state index >= 15 is 0 Å². The molecule has 5 rings (SSSR count). The number of nitrogens with one attached hydrogen (secondary N) is 1. The number of fused-ring (bicyclic) bond motifs is 2. The van der Waals surface area contributed by atoms with Crippen LogP contribution in [0.15, 0.2) is 43.2 Å². The number of carbonyl (C=O) groups excluding carboxylic acids is 1. The first kappa shape index (κ1) is 19.6. The number of hydrogen-bond acceptors (Lipinski definition) is 5. The maximum atomic E-state index is 13.3. The van der Waals surface area contributed by atoms with E-state index in [-0.39, 0.29) is 17.6 Å². The van der Waals surface area contributed by atoms with Gasteiger partial charge < -0.3 is 14.8 Å². The van der Waals surface area contributed by atoms with Crippen LogP contribution in [0.3, 0.4) is 0 Å². The number of anilines is 1. The second kappa shape index (κ2) is 7.40. The maximum Gasteiger partial charge on any atom is 0.322 e. The predicted molar refractivity (Wildman–Crippen MR) is 113 cm³/mol. The molecule has 0 unspecified atom stereocenters. The molecule has 2 bridgehead atoms. The first-order valence-corrected chi connectivity index (χ1v) is 10.4. The minimum absolute atomic E-state index is 0.106. The normalized spacial score (nSPS) is 24.5. The van der Waals surface area contributed by atoms with Gasteiger partial charge in [-0.2, -0.15) is 0 Å². The van der Waals surface area contributed by atoms with Gasteiger partial charge in [0, 0.05) is 23.8 Å². The molecule has 3 atom stereocenters. The summed E-state index contributed by atoms with van der Waals surface area (Å²) in [5, 5.41) is 10.9. The van der Waals surface area contributed by atoms with Crippen molar-refractivity contribution in [2.24, 2.45) is 5.92 Å². The SMILES string of the molecule is Cc1ccc(NC(=O)N2[C@H]3C[C@H](C)C[C@]2(Cn2cnnc2)C3)cc1-c1ncc(F)cn1. The summed E-state index contributed by atoms with van der Waals surface area (Å²) >= 11 is 0. The lowest BCUT2D eigenvalue weighted by molar-refractivity contribution is -0.0988. The molecular weight excluding hydrogens is 397 g/mol. The van der Waals surface area contributed by atoms with E-state index < -0.39 is 5.82 Å². The van der Waals surface area contributed by atoms with Crippen molar-refractivity contribution in [3.8, 4) is 11.4 Å². The number of benzene rings is 1. The fourth-order valence-corrected chi connectivity index (χ4v) is 5.28. The minimum atomic E-state index is -0.484. The zero-order chi connectivity index (χ0) is 21.6. The van der Waals surface area contributed by atoms with E-state index in [0.29, 0.717) is 24.0 Å². The fourth-order valence-electron chi connectivity index (χ4n) is 5.28. The van der Waals surface area contributed by atoms with Crippen LogP contribution < -0.4 is 5.32 Å². The monoisotopic (exact) mass is 421 g/mol. The third-order valence-electron chi connectivity index (χ3n) is 6.41. The topological polar surface area (TPSA) is 88.8 Å². The molecule has 2 fully saturated rings. The van der Waals surface area contributed by atoms with Crippen molar-refractivity contribution in [3.05, 3.63) is 54.6 Å². The van der Waals surface area contributed by atoms with Gasteiger partial charge in [0.2, 0.25) is 0 Å². The fraction of sp³-hybridized carbons (Fsp3) is 0.409. The molecule has 8 nitrogen and oxygen atoms in total. The van der Waals surface area contributed by atoms with Gasteiger partial charge in [-0.05, 0) is 49.8 Å². The third kappa shape index (κ3) is 3.54. The van der Waals surface area contributed by atoms with E-state index in [0.717, 1.165) is 42.8 Å². The molecule has 4 heterocycles. The molecule has 31 heavy (non-hydrogen) atoms. The van der Waals surface area contributed by atoms with Crippen LogP contribution >= 0.6 is 0 Å². The number of amides is 2. The van der Waals surface area contributed by atoms with Gasteiger partial charge in [-0.25, -0.2) is 19.2 Å². The van der Waals surface area contributed by atoms with Crippen molar-refractivity contribution >= 4 is 11.7 Å². The summed E-state index contributed by atoms with van der Waals surface area (Å²) < 4.78 is 15.2. The highest BCUT2D eigenvalue weighted by Crippen LogP contribution is 2.50. The number of piperidine rings is 1. The van der Waals surface area contributed by atoms with Gasteiger partial charge in [0.05, 0.1) is 17.9 Å². The van der Waals surface area contributed by atoms with E-state index in [4.69, 9.17) is 0 Å². The molecule has 0 aliphatic carbocycles. The molecule has 1 aromatic carbocycles. The first-order chi connectivity index (χ1) is 14.9. The highest BCUT2D eigenvalue weighted by atomic mass is 19.1. The van der Waals surface area contributed by atoms with Crippen molar-refractivity contribution in [1.82, 2.24) is 29.6 Å². The molecule has 0 spiro atoms. The van der Waals surface area contributed by atoms with Gasteiger partial charge in [0.25, 0.3) is 0 Å².